The van der Waals surface area contributed by atoms with Crippen LogP contribution in [-0.2, 0) is 4.79 Å². The second-order valence-corrected chi connectivity index (χ2v) is 5.27. The van der Waals surface area contributed by atoms with E-state index in [2.05, 4.69) is 15.1 Å². The van der Waals surface area contributed by atoms with Crippen LogP contribution in [0.3, 0.4) is 0 Å². The van der Waals surface area contributed by atoms with Gasteiger partial charge < -0.3 is 9.80 Å². The molecule has 6 heteroatoms. The maximum absolute atomic E-state index is 11.4. The van der Waals surface area contributed by atoms with E-state index in [1.807, 2.05) is 18.7 Å². The van der Waals surface area contributed by atoms with Crippen LogP contribution in [0.4, 0.5) is 5.82 Å². The van der Waals surface area contributed by atoms with Gasteiger partial charge in [0, 0.05) is 33.1 Å². The third-order valence-electron chi connectivity index (χ3n) is 3.68. The van der Waals surface area contributed by atoms with Gasteiger partial charge in [-0.05, 0) is 31.4 Å². The van der Waals surface area contributed by atoms with Gasteiger partial charge in [0.25, 0.3) is 0 Å². The molecule has 1 saturated heterocycles. The molecule has 0 aromatic carbocycles. The summed E-state index contributed by atoms with van der Waals surface area (Å²) in [5.41, 5.74) is 2.04. The molecule has 1 aliphatic rings. The highest BCUT2D eigenvalue weighted by Crippen LogP contribution is 2.24. The van der Waals surface area contributed by atoms with Gasteiger partial charge in [-0.3, -0.25) is 4.79 Å². The SMILES string of the molecule is CC(=O)N1CCCN(c2nnc(Cl)c(C)c2C)CC1. The molecule has 0 bridgehead atoms. The number of carbonyl (C=O) groups is 1. The normalized spacial score (nSPS) is 16.4. The van der Waals surface area contributed by atoms with Crippen molar-refractivity contribution in [2.75, 3.05) is 31.1 Å². The Bertz CT molecular complexity index is 492. The largest absolute Gasteiger partial charge is 0.353 e. The Balaban J connectivity index is 2.19. The smallest absolute Gasteiger partial charge is 0.219 e. The molecule has 1 fully saturated rings. The fourth-order valence-corrected chi connectivity index (χ4v) is 2.49. The van der Waals surface area contributed by atoms with Crippen LogP contribution in [0.15, 0.2) is 0 Å². The molecule has 0 unspecified atom stereocenters. The van der Waals surface area contributed by atoms with Crippen LogP contribution in [-0.4, -0.2) is 47.2 Å². The number of anilines is 1. The Hall–Kier alpha value is -1.36. The first-order valence-corrected chi connectivity index (χ1v) is 6.88. The summed E-state index contributed by atoms with van der Waals surface area (Å²) in [6.07, 6.45) is 0.947. The lowest BCUT2D eigenvalue weighted by atomic mass is 10.2. The average molecular weight is 283 g/mol. The van der Waals surface area contributed by atoms with Crippen LogP contribution in [0, 0.1) is 13.8 Å². The Morgan fingerprint density at radius 3 is 2.53 bits per heavy atom. The van der Waals surface area contributed by atoms with Crippen molar-refractivity contribution in [2.45, 2.75) is 27.2 Å². The fourth-order valence-electron chi connectivity index (χ4n) is 2.31. The number of aromatic nitrogens is 2. The third kappa shape index (κ3) is 2.97. The predicted molar refractivity (Wildman–Crippen MR) is 75.6 cm³/mol. The van der Waals surface area contributed by atoms with E-state index >= 15 is 0 Å². The van der Waals surface area contributed by atoms with E-state index in [1.54, 1.807) is 6.92 Å². The van der Waals surface area contributed by atoms with E-state index in [0.29, 0.717) is 5.15 Å². The van der Waals surface area contributed by atoms with Crippen LogP contribution in [0.25, 0.3) is 0 Å². The summed E-state index contributed by atoms with van der Waals surface area (Å²) in [5.74, 6) is 1.02. The van der Waals surface area contributed by atoms with Gasteiger partial charge in [0.1, 0.15) is 0 Å². The highest BCUT2D eigenvalue weighted by atomic mass is 35.5. The first kappa shape index (κ1) is 14.1. The summed E-state index contributed by atoms with van der Waals surface area (Å²) in [5, 5.41) is 8.67. The lowest BCUT2D eigenvalue weighted by Gasteiger charge is -2.24. The van der Waals surface area contributed by atoms with Crippen molar-refractivity contribution in [3.05, 3.63) is 16.3 Å². The summed E-state index contributed by atoms with van der Waals surface area (Å²) in [7, 11) is 0. The van der Waals surface area contributed by atoms with Crippen molar-refractivity contribution in [2.24, 2.45) is 0 Å². The van der Waals surface area contributed by atoms with Crippen molar-refractivity contribution in [1.29, 1.82) is 0 Å². The number of hydrogen-bond acceptors (Lipinski definition) is 4. The Morgan fingerprint density at radius 1 is 1.11 bits per heavy atom. The minimum absolute atomic E-state index is 0.136. The predicted octanol–water partition coefficient (Wildman–Crippen LogP) is 1.81. The molecule has 1 aromatic heterocycles. The first-order chi connectivity index (χ1) is 9.00. The molecule has 0 saturated carbocycles. The van der Waals surface area contributed by atoms with Gasteiger partial charge in [-0.1, -0.05) is 11.6 Å². The molecule has 0 spiro atoms. The molecule has 0 N–H and O–H groups in total. The molecule has 1 aliphatic heterocycles. The summed E-state index contributed by atoms with van der Waals surface area (Å²) < 4.78 is 0. The number of amides is 1. The van der Waals surface area contributed by atoms with Crippen molar-refractivity contribution < 1.29 is 4.79 Å². The maximum Gasteiger partial charge on any atom is 0.219 e. The van der Waals surface area contributed by atoms with E-state index in [4.69, 9.17) is 11.6 Å². The zero-order valence-corrected chi connectivity index (χ0v) is 12.4. The minimum atomic E-state index is 0.136. The molecular formula is C13H19ClN4O. The van der Waals surface area contributed by atoms with E-state index < -0.39 is 0 Å². The van der Waals surface area contributed by atoms with E-state index in [1.165, 1.54) is 0 Å². The highest BCUT2D eigenvalue weighted by Gasteiger charge is 2.20. The fraction of sp³-hybridized carbons (Fsp3) is 0.615. The topological polar surface area (TPSA) is 49.3 Å². The molecule has 0 aliphatic carbocycles. The Morgan fingerprint density at radius 2 is 1.84 bits per heavy atom. The minimum Gasteiger partial charge on any atom is -0.353 e. The van der Waals surface area contributed by atoms with Crippen molar-refractivity contribution in [3.8, 4) is 0 Å². The van der Waals surface area contributed by atoms with Crippen LogP contribution >= 0.6 is 11.6 Å². The summed E-state index contributed by atoms with van der Waals surface area (Å²) in [4.78, 5) is 15.5. The highest BCUT2D eigenvalue weighted by molar-refractivity contribution is 6.30. The van der Waals surface area contributed by atoms with Crippen LogP contribution in [0.2, 0.25) is 5.15 Å². The lowest BCUT2D eigenvalue weighted by molar-refractivity contribution is -0.128. The Kier molecular flexibility index (Phi) is 4.24. The summed E-state index contributed by atoms with van der Waals surface area (Å²) in [6, 6.07) is 0. The molecule has 5 nitrogen and oxygen atoms in total. The van der Waals surface area contributed by atoms with E-state index in [-0.39, 0.29) is 5.91 Å². The van der Waals surface area contributed by atoms with Gasteiger partial charge in [-0.2, -0.15) is 0 Å². The number of nitrogens with zero attached hydrogens (tertiary/aromatic N) is 4. The Labute approximate surface area is 118 Å². The monoisotopic (exact) mass is 282 g/mol. The maximum atomic E-state index is 11.4. The van der Waals surface area contributed by atoms with Crippen molar-refractivity contribution in [1.82, 2.24) is 15.1 Å². The molecule has 104 valence electrons. The third-order valence-corrected chi connectivity index (χ3v) is 4.04. The van der Waals surface area contributed by atoms with Gasteiger partial charge in [0.05, 0.1) is 0 Å². The molecule has 0 radical (unpaired) electrons. The molecule has 2 rings (SSSR count). The standard InChI is InChI=1S/C13H19ClN4O/c1-9-10(2)13(16-15-12(9)14)18-6-4-5-17(7-8-18)11(3)19/h4-8H2,1-3H3. The molecular weight excluding hydrogens is 264 g/mol. The lowest BCUT2D eigenvalue weighted by Crippen LogP contribution is -2.34. The summed E-state index contributed by atoms with van der Waals surface area (Å²) in [6.45, 7) is 8.81. The van der Waals surface area contributed by atoms with Gasteiger partial charge >= 0.3 is 0 Å². The van der Waals surface area contributed by atoms with E-state index in [9.17, 15) is 4.79 Å². The average Bonchev–Trinajstić information content (AvgIpc) is 2.62. The number of halogens is 1. The second-order valence-electron chi connectivity index (χ2n) is 4.91. The molecule has 19 heavy (non-hydrogen) atoms. The molecule has 2 heterocycles. The number of hydrogen-bond donors (Lipinski definition) is 0. The zero-order valence-electron chi connectivity index (χ0n) is 11.6. The molecule has 1 amide bonds. The van der Waals surface area contributed by atoms with Gasteiger partial charge in [-0.15, -0.1) is 10.2 Å². The van der Waals surface area contributed by atoms with Gasteiger partial charge in [0.2, 0.25) is 5.91 Å². The quantitative estimate of drug-likeness (QED) is 0.788. The van der Waals surface area contributed by atoms with E-state index in [0.717, 1.165) is 49.5 Å². The van der Waals surface area contributed by atoms with Crippen LogP contribution in [0.1, 0.15) is 24.5 Å². The van der Waals surface area contributed by atoms with Gasteiger partial charge in [-0.25, -0.2) is 0 Å². The zero-order chi connectivity index (χ0) is 14.0. The van der Waals surface area contributed by atoms with Gasteiger partial charge in [0.15, 0.2) is 11.0 Å². The molecule has 0 atom stereocenters. The first-order valence-electron chi connectivity index (χ1n) is 6.50. The van der Waals surface area contributed by atoms with Crippen molar-refractivity contribution >= 4 is 23.3 Å². The number of rotatable bonds is 1. The number of carbonyl (C=O) groups excluding carboxylic acids is 1. The summed E-state index contributed by atoms with van der Waals surface area (Å²) >= 11 is 5.98. The van der Waals surface area contributed by atoms with Crippen LogP contribution in [0.5, 0.6) is 0 Å². The van der Waals surface area contributed by atoms with Crippen molar-refractivity contribution in [3.63, 3.8) is 0 Å². The second kappa shape index (κ2) is 5.74. The molecule has 1 aromatic rings. The van der Waals surface area contributed by atoms with Crippen LogP contribution < -0.4 is 4.90 Å².